The van der Waals surface area contributed by atoms with Gasteiger partial charge in [-0.15, -0.1) is 0 Å². The van der Waals surface area contributed by atoms with E-state index in [0.717, 1.165) is 0 Å². The van der Waals surface area contributed by atoms with Crippen molar-refractivity contribution in [1.82, 2.24) is 0 Å². The molecule has 0 amide bonds. The van der Waals surface area contributed by atoms with E-state index in [0.29, 0.717) is 16.2 Å². The second-order valence-electron chi connectivity index (χ2n) is 6.09. The van der Waals surface area contributed by atoms with Crippen LogP contribution in [0, 0.1) is 0 Å². The molecule has 0 aromatic heterocycles. The fourth-order valence-corrected chi connectivity index (χ4v) is 7.14. The van der Waals surface area contributed by atoms with Crippen LogP contribution < -0.4 is 0 Å². The van der Waals surface area contributed by atoms with Gasteiger partial charge in [-0.1, -0.05) is 42.5 Å². The first-order valence-corrected chi connectivity index (χ1v) is 11.8. The van der Waals surface area contributed by atoms with E-state index in [1.165, 1.54) is 24.3 Å². The molecule has 0 aliphatic rings. The summed E-state index contributed by atoms with van der Waals surface area (Å²) in [6.45, 7) is 0. The van der Waals surface area contributed by atoms with Gasteiger partial charge in [-0.25, -0.2) is 0 Å². The summed E-state index contributed by atoms with van der Waals surface area (Å²) in [5.41, 5.74) is 0. The second-order valence-corrected chi connectivity index (χ2v) is 10.2. The van der Waals surface area contributed by atoms with Gasteiger partial charge in [-0.2, -0.15) is 25.3 Å². The third-order valence-corrected chi connectivity index (χ3v) is 7.51. The Hall–Kier alpha value is 0.650. The molecule has 9 nitrogen and oxygen atoms in total. The molecule has 0 fully saturated rings. The van der Waals surface area contributed by atoms with Crippen LogP contribution in [-0.2, 0) is 30.4 Å². The van der Waals surface area contributed by atoms with Crippen molar-refractivity contribution < 1.29 is 38.9 Å². The maximum absolute atomic E-state index is 12.0. The first kappa shape index (κ1) is 29.7. The molecule has 31 heavy (non-hydrogen) atoms. The zero-order valence-corrected chi connectivity index (χ0v) is 25.0. The normalized spacial score (nSPS) is 12.4. The van der Waals surface area contributed by atoms with Gasteiger partial charge in [0.25, 0.3) is 30.4 Å². The van der Waals surface area contributed by atoms with Crippen LogP contribution in [0.4, 0.5) is 0 Å². The van der Waals surface area contributed by atoms with Crippen molar-refractivity contribution in [3.63, 3.8) is 0 Å². The van der Waals surface area contributed by atoms with Crippen LogP contribution in [-0.4, -0.2) is 128 Å². The quantitative estimate of drug-likeness (QED) is 0.208. The fourth-order valence-electron chi connectivity index (χ4n) is 3.56. The molecule has 4 rings (SSSR count). The molecule has 4 aromatic carbocycles. The van der Waals surface area contributed by atoms with E-state index in [1.807, 2.05) is 0 Å². The average Bonchev–Trinajstić information content (AvgIpc) is 2.55. The van der Waals surface area contributed by atoms with E-state index in [-0.39, 0.29) is 105 Å². The van der Waals surface area contributed by atoms with E-state index >= 15 is 0 Å². The summed E-state index contributed by atoms with van der Waals surface area (Å²) in [4.78, 5) is -4.26. The van der Waals surface area contributed by atoms with Gasteiger partial charge in [0, 0.05) is 105 Å². The zero-order valence-electron chi connectivity index (χ0n) is 16.6. The minimum absolute atomic E-state index is 0. The Kier molecular flexibility index (Phi) is 9.31. The van der Waals surface area contributed by atoms with Crippen molar-refractivity contribution in [1.29, 1.82) is 0 Å². The zero-order chi connectivity index (χ0) is 20.6. The molecule has 0 unspecified atom stereocenters. The molecule has 149 valence electrons. The molecule has 3 N–H and O–H groups in total. The van der Waals surface area contributed by atoms with Crippen LogP contribution in [0.15, 0.2) is 57.2 Å². The van der Waals surface area contributed by atoms with Gasteiger partial charge in [-0.05, 0) is 16.2 Å². The Bertz CT molecular complexity index is 1530. The Morgan fingerprint density at radius 3 is 1.16 bits per heavy atom. The summed E-state index contributed by atoms with van der Waals surface area (Å²) in [5.74, 6) is 0. The van der Waals surface area contributed by atoms with Crippen molar-refractivity contribution >= 4 is 151 Å². The average molecular weight is 511 g/mol. The van der Waals surface area contributed by atoms with Crippen molar-refractivity contribution in [2.45, 2.75) is 14.7 Å². The van der Waals surface area contributed by atoms with Crippen LogP contribution in [0.1, 0.15) is 0 Å². The van der Waals surface area contributed by atoms with Gasteiger partial charge in [0.1, 0.15) is 14.7 Å². The summed E-state index contributed by atoms with van der Waals surface area (Å²) >= 11 is 0. The predicted octanol–water partition coefficient (Wildman–Crippen LogP) is 1.18. The SMILES string of the molecule is O=S(=O)(O)c1c(S(=O)(=O)O)c2ccc3cccc4ccc(c1S(=O)(=O)O)c2c34.[Na].[Na].[Na]. The molecule has 0 heterocycles. The van der Waals surface area contributed by atoms with Gasteiger partial charge in [0.05, 0.1) is 0 Å². The molecule has 3 radical (unpaired) electrons. The third kappa shape index (κ3) is 5.04. The van der Waals surface area contributed by atoms with E-state index in [4.69, 9.17) is 0 Å². The fraction of sp³-hybridized carbons (Fsp3) is 0. The molecule has 0 saturated heterocycles. The van der Waals surface area contributed by atoms with Crippen LogP contribution in [0.5, 0.6) is 0 Å². The standard InChI is InChI=1S/C16H10O9S3.3Na/c17-26(18,19)14-10-6-4-8-2-1-3-9-5-7-11(13(10)12(8)9)15(27(20,21)22)16(14)28(23,24)25;;;/h1-7H,(H,17,18,19)(H,20,21,22)(H,23,24,25);;;. The Morgan fingerprint density at radius 2 is 0.839 bits per heavy atom. The van der Waals surface area contributed by atoms with E-state index < -0.39 is 45.0 Å². The third-order valence-electron chi connectivity index (χ3n) is 4.45. The van der Waals surface area contributed by atoms with Crippen LogP contribution in [0.3, 0.4) is 0 Å². The molecule has 0 atom stereocenters. The van der Waals surface area contributed by atoms with Crippen LogP contribution >= 0.6 is 0 Å². The van der Waals surface area contributed by atoms with E-state index in [2.05, 4.69) is 0 Å². The minimum Gasteiger partial charge on any atom is -0.282 e. The Labute approximate surface area is 244 Å². The predicted molar refractivity (Wildman–Crippen MR) is 117 cm³/mol. The summed E-state index contributed by atoms with van der Waals surface area (Å²) in [7, 11) is -16.2. The number of benzene rings is 4. The molecule has 0 saturated carbocycles. The number of rotatable bonds is 3. The summed E-state index contributed by atoms with van der Waals surface area (Å²) in [5, 5.41) is 0.927. The van der Waals surface area contributed by atoms with Gasteiger partial charge < -0.3 is 0 Å². The summed E-state index contributed by atoms with van der Waals surface area (Å²) in [6, 6.07) is 10.3. The monoisotopic (exact) mass is 511 g/mol. The number of hydrogen-bond acceptors (Lipinski definition) is 6. The Morgan fingerprint density at radius 1 is 0.484 bits per heavy atom. The summed E-state index contributed by atoms with van der Waals surface area (Å²) < 4.78 is 101. The first-order chi connectivity index (χ1) is 12.8. The molecule has 4 aromatic rings. The van der Waals surface area contributed by atoms with Gasteiger partial charge in [-0.3, -0.25) is 13.7 Å². The molecule has 0 aliphatic heterocycles. The van der Waals surface area contributed by atoms with Crippen molar-refractivity contribution in [3.05, 3.63) is 42.5 Å². The van der Waals surface area contributed by atoms with Crippen LogP contribution in [0.2, 0.25) is 0 Å². The van der Waals surface area contributed by atoms with Crippen molar-refractivity contribution in [3.8, 4) is 0 Å². The second kappa shape index (κ2) is 9.72. The first-order valence-electron chi connectivity index (χ1n) is 7.48. The van der Waals surface area contributed by atoms with Gasteiger partial charge in [0.2, 0.25) is 0 Å². The Balaban J connectivity index is 0.00000160. The van der Waals surface area contributed by atoms with Gasteiger partial charge >= 0.3 is 0 Å². The molecular weight excluding hydrogens is 501 g/mol. The maximum Gasteiger partial charge on any atom is 0.297 e. The summed E-state index contributed by atoms with van der Waals surface area (Å²) in [6.07, 6.45) is 0. The number of hydrogen-bond donors (Lipinski definition) is 3. The van der Waals surface area contributed by atoms with E-state index in [1.54, 1.807) is 18.2 Å². The molecule has 0 bridgehead atoms. The maximum atomic E-state index is 12.0. The molecular formula is C16H10Na3O9S3. The topological polar surface area (TPSA) is 163 Å². The minimum atomic E-state index is -5.50. The van der Waals surface area contributed by atoms with E-state index in [9.17, 15) is 38.9 Å². The molecule has 0 spiro atoms. The largest absolute Gasteiger partial charge is 0.297 e. The van der Waals surface area contributed by atoms with Gasteiger partial charge in [0.15, 0.2) is 0 Å². The smallest absolute Gasteiger partial charge is 0.282 e. The molecule has 0 aliphatic carbocycles. The molecule has 15 heteroatoms. The van der Waals surface area contributed by atoms with Crippen molar-refractivity contribution in [2.24, 2.45) is 0 Å². The van der Waals surface area contributed by atoms with Crippen LogP contribution in [0.25, 0.3) is 32.3 Å². The van der Waals surface area contributed by atoms with Crippen molar-refractivity contribution in [2.75, 3.05) is 0 Å².